The van der Waals surface area contributed by atoms with Crippen molar-refractivity contribution in [3.05, 3.63) is 58.3 Å². The molecule has 0 aliphatic heterocycles. The van der Waals surface area contributed by atoms with E-state index in [1.807, 2.05) is 60.8 Å². The number of halogens is 1. The van der Waals surface area contributed by atoms with Crippen molar-refractivity contribution in [1.82, 2.24) is 14.4 Å². The summed E-state index contributed by atoms with van der Waals surface area (Å²) in [5.74, 6) is -0.106. The summed E-state index contributed by atoms with van der Waals surface area (Å²) in [6.07, 6.45) is 4.07. The number of aryl methyl sites for hydroxylation is 1. The van der Waals surface area contributed by atoms with Crippen molar-refractivity contribution in [1.29, 1.82) is 0 Å². The Balaban J connectivity index is 1.75. The van der Waals surface area contributed by atoms with E-state index in [4.69, 9.17) is 0 Å². The van der Waals surface area contributed by atoms with Gasteiger partial charge in [-0.2, -0.15) is 0 Å². The van der Waals surface area contributed by atoms with Gasteiger partial charge in [0.2, 0.25) is 5.91 Å². The van der Waals surface area contributed by atoms with E-state index in [1.165, 1.54) is 0 Å². The fourth-order valence-corrected chi connectivity index (χ4v) is 3.55. The van der Waals surface area contributed by atoms with Crippen molar-refractivity contribution in [3.63, 3.8) is 0 Å². The van der Waals surface area contributed by atoms with Gasteiger partial charge in [-0.05, 0) is 57.0 Å². The maximum absolute atomic E-state index is 13.1. The number of carbonyl (C=O) groups excluding carboxylic acids is 2. The molecule has 0 saturated heterocycles. The molecular formula is C21H26BrN3O2. The van der Waals surface area contributed by atoms with E-state index in [0.717, 1.165) is 23.0 Å². The molecule has 1 aromatic heterocycles. The van der Waals surface area contributed by atoms with E-state index in [2.05, 4.69) is 15.9 Å². The smallest absolute Gasteiger partial charge is 0.254 e. The van der Waals surface area contributed by atoms with E-state index in [9.17, 15) is 9.59 Å². The summed E-state index contributed by atoms with van der Waals surface area (Å²) in [4.78, 5) is 29.7. The Morgan fingerprint density at radius 1 is 1.22 bits per heavy atom. The summed E-state index contributed by atoms with van der Waals surface area (Å²) in [6, 6.07) is 11.6. The van der Waals surface area contributed by atoms with Gasteiger partial charge in [-0.25, -0.2) is 0 Å². The molecule has 0 radical (unpaired) electrons. The van der Waals surface area contributed by atoms with Crippen LogP contribution in [0.15, 0.2) is 47.1 Å². The number of carbonyl (C=O) groups is 2. The average Bonchev–Trinajstić information content (AvgIpc) is 3.39. The molecule has 1 heterocycles. The molecule has 1 aliphatic carbocycles. The van der Waals surface area contributed by atoms with Crippen LogP contribution in [0.5, 0.6) is 0 Å². The van der Waals surface area contributed by atoms with Crippen molar-refractivity contribution in [2.75, 3.05) is 6.54 Å². The van der Waals surface area contributed by atoms with Crippen LogP contribution in [-0.2, 0) is 18.4 Å². The molecule has 144 valence electrons. The third-order valence-corrected chi connectivity index (χ3v) is 5.45. The van der Waals surface area contributed by atoms with Crippen molar-refractivity contribution >= 4 is 27.7 Å². The first kappa shape index (κ1) is 19.7. The third-order valence-electron chi connectivity index (χ3n) is 4.95. The molecule has 5 nitrogen and oxygen atoms in total. The SMILES string of the molecule is CC(C)N(CC(=O)N(Cc1cccn1C)C1CC1)C(=O)c1cccc(Br)c1. The Kier molecular flexibility index (Phi) is 6.05. The lowest BCUT2D eigenvalue weighted by molar-refractivity contribution is -0.133. The van der Waals surface area contributed by atoms with Crippen LogP contribution in [0.25, 0.3) is 0 Å². The Labute approximate surface area is 169 Å². The molecule has 0 atom stereocenters. The highest BCUT2D eigenvalue weighted by atomic mass is 79.9. The van der Waals surface area contributed by atoms with Gasteiger partial charge in [-0.1, -0.05) is 22.0 Å². The molecule has 6 heteroatoms. The number of aromatic nitrogens is 1. The number of amides is 2. The molecule has 1 aliphatic rings. The molecule has 0 bridgehead atoms. The van der Waals surface area contributed by atoms with Gasteiger partial charge < -0.3 is 14.4 Å². The Bertz CT molecular complexity index is 826. The number of hydrogen-bond donors (Lipinski definition) is 0. The van der Waals surface area contributed by atoms with Gasteiger partial charge in [0.15, 0.2) is 0 Å². The standard InChI is InChI=1S/C21H26BrN3O2/c1-15(2)24(21(27)16-6-4-7-17(22)12-16)14-20(26)25(18-9-10-18)13-19-8-5-11-23(19)3/h4-8,11-12,15,18H,9-10,13-14H2,1-3H3. The largest absolute Gasteiger partial charge is 0.353 e. The second kappa shape index (κ2) is 8.30. The summed E-state index contributed by atoms with van der Waals surface area (Å²) >= 11 is 3.41. The minimum absolute atomic E-state index is 0.00995. The Morgan fingerprint density at radius 2 is 1.96 bits per heavy atom. The van der Waals surface area contributed by atoms with Crippen molar-refractivity contribution in [2.24, 2.45) is 7.05 Å². The van der Waals surface area contributed by atoms with E-state index in [1.54, 1.807) is 17.0 Å². The summed E-state index contributed by atoms with van der Waals surface area (Å²) in [6.45, 7) is 4.58. The van der Waals surface area contributed by atoms with E-state index in [0.29, 0.717) is 18.2 Å². The highest BCUT2D eigenvalue weighted by Gasteiger charge is 2.34. The molecule has 0 unspecified atom stereocenters. The first-order chi connectivity index (χ1) is 12.9. The third kappa shape index (κ3) is 4.80. The molecule has 1 saturated carbocycles. The van der Waals surface area contributed by atoms with Gasteiger partial charge in [0, 0.05) is 41.1 Å². The topological polar surface area (TPSA) is 45.6 Å². The van der Waals surface area contributed by atoms with Crippen molar-refractivity contribution < 1.29 is 9.59 Å². The molecule has 2 amide bonds. The maximum Gasteiger partial charge on any atom is 0.254 e. The van der Waals surface area contributed by atoms with Crippen LogP contribution in [0.1, 0.15) is 42.7 Å². The lowest BCUT2D eigenvalue weighted by Gasteiger charge is -2.30. The summed E-state index contributed by atoms with van der Waals surface area (Å²) < 4.78 is 2.89. The van der Waals surface area contributed by atoms with Crippen molar-refractivity contribution in [2.45, 2.75) is 45.3 Å². The number of hydrogen-bond acceptors (Lipinski definition) is 2. The highest BCUT2D eigenvalue weighted by molar-refractivity contribution is 9.10. The van der Waals surface area contributed by atoms with Gasteiger partial charge in [-0.3, -0.25) is 9.59 Å². The molecule has 27 heavy (non-hydrogen) atoms. The maximum atomic E-state index is 13.1. The minimum Gasteiger partial charge on any atom is -0.353 e. The quantitative estimate of drug-likeness (QED) is 0.668. The van der Waals surface area contributed by atoms with Crippen molar-refractivity contribution in [3.8, 4) is 0 Å². The lowest BCUT2D eigenvalue weighted by Crippen LogP contribution is -2.46. The summed E-state index contributed by atoms with van der Waals surface area (Å²) in [5.41, 5.74) is 1.69. The van der Waals surface area contributed by atoms with E-state index >= 15 is 0 Å². The van der Waals surface area contributed by atoms with Crippen LogP contribution in [0.3, 0.4) is 0 Å². The molecular weight excluding hydrogens is 406 g/mol. The van der Waals surface area contributed by atoms with Crippen LogP contribution >= 0.6 is 15.9 Å². The monoisotopic (exact) mass is 431 g/mol. The first-order valence-electron chi connectivity index (χ1n) is 9.33. The van der Waals surface area contributed by atoms with Gasteiger partial charge >= 0.3 is 0 Å². The first-order valence-corrected chi connectivity index (χ1v) is 10.1. The number of benzene rings is 1. The van der Waals surface area contributed by atoms with Crippen LogP contribution in [-0.4, -0.2) is 44.8 Å². The van der Waals surface area contributed by atoms with Crippen LogP contribution in [0.2, 0.25) is 0 Å². The predicted octanol–water partition coefficient (Wildman–Crippen LogP) is 3.83. The molecule has 1 aromatic carbocycles. The number of rotatable bonds is 7. The van der Waals surface area contributed by atoms with Gasteiger partial charge in [0.05, 0.1) is 6.54 Å². The summed E-state index contributed by atoms with van der Waals surface area (Å²) in [7, 11) is 1.99. The van der Waals surface area contributed by atoms with Crippen LogP contribution < -0.4 is 0 Å². The lowest BCUT2D eigenvalue weighted by atomic mass is 10.1. The Hall–Kier alpha value is -2.08. The average molecular weight is 432 g/mol. The zero-order chi connectivity index (χ0) is 19.6. The fourth-order valence-electron chi connectivity index (χ4n) is 3.16. The molecule has 0 N–H and O–H groups in total. The van der Waals surface area contributed by atoms with Gasteiger partial charge in [0.1, 0.15) is 6.54 Å². The van der Waals surface area contributed by atoms with E-state index < -0.39 is 0 Å². The molecule has 3 rings (SSSR count). The zero-order valence-corrected chi connectivity index (χ0v) is 17.6. The number of nitrogens with zero attached hydrogens (tertiary/aromatic N) is 3. The van der Waals surface area contributed by atoms with Crippen LogP contribution in [0.4, 0.5) is 0 Å². The predicted molar refractivity (Wildman–Crippen MR) is 109 cm³/mol. The molecule has 1 fully saturated rings. The summed E-state index contributed by atoms with van der Waals surface area (Å²) in [5, 5.41) is 0. The minimum atomic E-state index is -0.116. The van der Waals surface area contributed by atoms with Gasteiger partial charge in [0.25, 0.3) is 5.91 Å². The van der Waals surface area contributed by atoms with Gasteiger partial charge in [-0.15, -0.1) is 0 Å². The van der Waals surface area contributed by atoms with E-state index in [-0.39, 0.29) is 24.4 Å². The molecule has 0 spiro atoms. The normalized spacial score (nSPS) is 13.7. The fraction of sp³-hybridized carbons (Fsp3) is 0.429. The zero-order valence-electron chi connectivity index (χ0n) is 16.1. The van der Waals surface area contributed by atoms with Crippen LogP contribution in [0, 0.1) is 0 Å². The Morgan fingerprint density at radius 3 is 2.52 bits per heavy atom. The molecule has 2 aromatic rings. The second-order valence-electron chi connectivity index (χ2n) is 7.40. The second-order valence-corrected chi connectivity index (χ2v) is 8.32. The highest BCUT2D eigenvalue weighted by Crippen LogP contribution is 2.29.